The van der Waals surface area contributed by atoms with Crippen LogP contribution in [0.1, 0.15) is 19.8 Å². The summed E-state index contributed by atoms with van der Waals surface area (Å²) in [6.45, 7) is 7.24. The van der Waals surface area contributed by atoms with Crippen LogP contribution < -0.4 is 29.7 Å². The number of anilines is 4. The van der Waals surface area contributed by atoms with Gasteiger partial charge >= 0.3 is 11.9 Å². The molecule has 0 aliphatic carbocycles. The highest BCUT2D eigenvalue weighted by Crippen LogP contribution is 2.47. The van der Waals surface area contributed by atoms with Gasteiger partial charge in [-0.15, -0.1) is 0 Å². The van der Waals surface area contributed by atoms with Gasteiger partial charge in [-0.1, -0.05) is 17.7 Å². The zero-order chi connectivity index (χ0) is 54.4. The van der Waals surface area contributed by atoms with Crippen LogP contribution in [0.2, 0.25) is 0 Å². The third-order valence-corrected chi connectivity index (χ3v) is 13.1. The molecule has 2 unspecified atom stereocenters. The van der Waals surface area contributed by atoms with Crippen LogP contribution in [0.3, 0.4) is 0 Å². The molecule has 5 aliphatic rings. The standard InChI is InChI=1S/C26H29N5O7.C15H17N3O4.C10H11ClN2O3/c1-3-38-24(32)23-22-12-13-29(18-4-6-20(7-5-18)31(34)35)25(33)26(22,28-14-16-37-17-15-28)30(27-23)19-8-10-21(36-2)11-9-19;19-15-14(16-8-10-22-11-9-16)2-1-7-17(15)12-3-5-13(6-4-12)18(20)21;1-15-8-5-3-7(4-6-8)12-13-9(11)10(14)16-2/h4-11,22H,3,12-17H2,1-2H3;2-6H,1,7-11H2;3-6,12H,1-2H3/b;;13-9-. The largest absolute Gasteiger partial charge is 0.497 e. The molecule has 5 heterocycles. The Balaban J connectivity index is 0.000000186. The van der Waals surface area contributed by atoms with E-state index in [-0.39, 0.29) is 40.7 Å². The zero-order valence-corrected chi connectivity index (χ0v) is 43.0. The van der Waals surface area contributed by atoms with E-state index in [2.05, 4.69) is 15.3 Å². The highest BCUT2D eigenvalue weighted by Gasteiger charge is 2.65. The quantitative estimate of drug-likeness (QED) is 0.0676. The lowest BCUT2D eigenvalue weighted by Crippen LogP contribution is -2.74. The number of non-ortho nitro benzene ring substituents is 2. The summed E-state index contributed by atoms with van der Waals surface area (Å²) in [5.74, 6) is -0.769. The van der Waals surface area contributed by atoms with Gasteiger partial charge in [0, 0.05) is 74.9 Å². The molecule has 0 saturated carbocycles. The fraction of sp³-hybridized carbons (Fsp3) is 0.373. The lowest BCUT2D eigenvalue weighted by Gasteiger charge is -2.53. The van der Waals surface area contributed by atoms with Crippen LogP contribution in [-0.2, 0) is 38.1 Å². The van der Waals surface area contributed by atoms with Crippen LogP contribution in [0.5, 0.6) is 11.5 Å². The van der Waals surface area contributed by atoms with E-state index in [4.69, 9.17) is 40.4 Å². The van der Waals surface area contributed by atoms with Crippen molar-refractivity contribution in [1.29, 1.82) is 0 Å². The second-order valence-electron chi connectivity index (χ2n) is 17.1. The normalized spacial score (nSPS) is 19.6. The lowest BCUT2D eigenvalue weighted by atomic mass is 9.79. The van der Waals surface area contributed by atoms with Crippen molar-refractivity contribution in [2.75, 3.05) is 114 Å². The molecule has 24 nitrogen and oxygen atoms in total. The van der Waals surface area contributed by atoms with Crippen molar-refractivity contribution in [1.82, 2.24) is 9.80 Å². The molecule has 25 heteroatoms. The van der Waals surface area contributed by atoms with Gasteiger partial charge in [0.15, 0.2) is 5.71 Å². The highest BCUT2D eigenvalue weighted by molar-refractivity contribution is 6.82. The van der Waals surface area contributed by atoms with Gasteiger partial charge in [0.1, 0.15) is 11.5 Å². The van der Waals surface area contributed by atoms with Gasteiger partial charge in [0.05, 0.1) is 87.2 Å². The number of ether oxygens (including phenoxy) is 6. The number of carbonyl (C=O) groups excluding carboxylic acids is 4. The molecule has 0 spiro atoms. The number of hydrogen-bond acceptors (Lipinski definition) is 20. The number of nitro groups is 2. The molecule has 0 aromatic heterocycles. The summed E-state index contributed by atoms with van der Waals surface area (Å²) in [6, 6.07) is 26.1. The van der Waals surface area contributed by atoms with Gasteiger partial charge in [-0.05, 0) is 92.6 Å². The summed E-state index contributed by atoms with van der Waals surface area (Å²) in [5.41, 5.74) is 4.63. The average Bonchev–Trinajstić information content (AvgIpc) is 4.02. The number of nitrogens with one attached hydrogen (secondary N) is 1. The molecule has 5 aliphatic heterocycles. The minimum absolute atomic E-state index is 0.0251. The van der Waals surface area contributed by atoms with Crippen LogP contribution in [0.25, 0.3) is 0 Å². The Kier molecular flexibility index (Phi) is 18.9. The Labute approximate surface area is 442 Å². The minimum atomic E-state index is -1.36. The number of piperidine rings is 1. The van der Waals surface area contributed by atoms with Crippen molar-refractivity contribution >= 4 is 80.4 Å². The summed E-state index contributed by atoms with van der Waals surface area (Å²) in [6.07, 6.45) is 3.18. The van der Waals surface area contributed by atoms with E-state index in [9.17, 15) is 39.4 Å². The summed E-state index contributed by atoms with van der Waals surface area (Å²) in [7, 11) is 4.38. The van der Waals surface area contributed by atoms with E-state index in [1.54, 1.807) is 109 Å². The number of hydrogen-bond donors (Lipinski definition) is 1. The van der Waals surface area contributed by atoms with E-state index in [1.807, 2.05) is 15.9 Å². The number of nitrogens with zero attached hydrogens (tertiary/aromatic N) is 9. The molecule has 0 bridgehead atoms. The molecule has 0 radical (unpaired) electrons. The Morgan fingerprint density at radius 3 is 1.80 bits per heavy atom. The van der Waals surface area contributed by atoms with Crippen molar-refractivity contribution in [2.24, 2.45) is 16.1 Å². The molecule has 2 atom stereocenters. The van der Waals surface area contributed by atoms with Crippen molar-refractivity contribution < 1.29 is 57.4 Å². The van der Waals surface area contributed by atoms with E-state index in [0.29, 0.717) is 106 Å². The number of rotatable bonds is 14. The van der Waals surface area contributed by atoms with Gasteiger partial charge < -0.3 is 43.1 Å². The number of hydrazone groups is 2. The van der Waals surface area contributed by atoms with Crippen molar-refractivity contribution in [3.05, 3.63) is 129 Å². The number of benzene rings is 4. The van der Waals surface area contributed by atoms with E-state index < -0.39 is 33.4 Å². The molecule has 402 valence electrons. The first-order valence-electron chi connectivity index (χ1n) is 24.1. The number of methoxy groups -OCH3 is 3. The van der Waals surface area contributed by atoms with Gasteiger partial charge in [-0.2, -0.15) is 10.2 Å². The van der Waals surface area contributed by atoms with E-state index >= 15 is 0 Å². The second-order valence-corrected chi connectivity index (χ2v) is 17.4. The van der Waals surface area contributed by atoms with Gasteiger partial charge in [-0.3, -0.25) is 40.1 Å². The van der Waals surface area contributed by atoms with Crippen molar-refractivity contribution in [2.45, 2.75) is 25.4 Å². The first-order valence-corrected chi connectivity index (χ1v) is 24.5. The Morgan fingerprint density at radius 1 is 0.750 bits per heavy atom. The fourth-order valence-electron chi connectivity index (χ4n) is 9.12. The van der Waals surface area contributed by atoms with Crippen LogP contribution in [-0.4, -0.2) is 154 Å². The maximum Gasteiger partial charge on any atom is 0.370 e. The Hall–Kier alpha value is -8.19. The van der Waals surface area contributed by atoms with Crippen molar-refractivity contribution in [3.63, 3.8) is 0 Å². The van der Waals surface area contributed by atoms with Crippen LogP contribution in [0.4, 0.5) is 34.1 Å². The molecule has 4 aromatic carbocycles. The van der Waals surface area contributed by atoms with Gasteiger partial charge in [0.2, 0.25) is 10.8 Å². The molecule has 1 N–H and O–H groups in total. The number of nitro benzene ring substituents is 2. The smallest absolute Gasteiger partial charge is 0.370 e. The van der Waals surface area contributed by atoms with Gasteiger partial charge in [-0.25, -0.2) is 14.6 Å². The zero-order valence-electron chi connectivity index (χ0n) is 42.2. The molecule has 9 rings (SSSR count). The van der Waals surface area contributed by atoms with E-state index in [1.165, 1.54) is 31.4 Å². The maximum atomic E-state index is 14.7. The van der Waals surface area contributed by atoms with Gasteiger partial charge in [0.25, 0.3) is 23.2 Å². The third-order valence-electron chi connectivity index (χ3n) is 12.8. The Morgan fingerprint density at radius 2 is 1.28 bits per heavy atom. The monoisotopic (exact) mass is 1070 g/mol. The topological polar surface area (TPSA) is 263 Å². The van der Waals surface area contributed by atoms with Crippen LogP contribution >= 0.6 is 11.6 Å². The molecule has 3 fully saturated rings. The highest BCUT2D eigenvalue weighted by atomic mass is 35.5. The van der Waals surface area contributed by atoms with E-state index in [0.717, 1.165) is 12.2 Å². The number of carbonyl (C=O) groups is 4. The number of morpholine rings is 2. The maximum absolute atomic E-state index is 14.7. The summed E-state index contributed by atoms with van der Waals surface area (Å²) in [5, 5.41) is 31.7. The SMILES string of the molecule is CCOC(=O)C1=NN(c2ccc(OC)cc2)C2(N3CCOCC3)C(=O)N(c3ccc([N+](=O)[O-])cc3)CCC12.COC(=O)/C(Cl)=N/Nc1ccc(OC)cc1.O=C1C(N2CCOCC2)=CCCN1c1ccc([N+](=O)[O-])cc1. The summed E-state index contributed by atoms with van der Waals surface area (Å²) < 4.78 is 31.0. The molecule has 4 aromatic rings. The average molecular weight is 1070 g/mol. The summed E-state index contributed by atoms with van der Waals surface area (Å²) in [4.78, 5) is 79.8. The van der Waals surface area contributed by atoms with Crippen LogP contribution in [0, 0.1) is 26.1 Å². The molecule has 76 heavy (non-hydrogen) atoms. The van der Waals surface area contributed by atoms with Crippen LogP contribution in [0.15, 0.2) is 119 Å². The first kappa shape index (κ1) is 55.6. The number of fused-ring (bicyclic) bond motifs is 1. The lowest BCUT2D eigenvalue weighted by molar-refractivity contribution is -0.385. The third kappa shape index (κ3) is 12.5. The fourth-order valence-corrected chi connectivity index (χ4v) is 9.24. The number of amides is 2. The predicted molar refractivity (Wildman–Crippen MR) is 281 cm³/mol. The minimum Gasteiger partial charge on any atom is -0.497 e. The molecule has 3 saturated heterocycles. The predicted octanol–water partition coefficient (Wildman–Crippen LogP) is 5.80. The first-order chi connectivity index (χ1) is 36.7. The van der Waals surface area contributed by atoms with Crippen molar-refractivity contribution in [3.8, 4) is 11.5 Å². The molecule has 2 amide bonds. The second kappa shape index (κ2) is 25.8. The Bertz CT molecular complexity index is 2810. The molecular formula is C51H57ClN10O14. The number of esters is 2. The number of halogens is 1. The summed E-state index contributed by atoms with van der Waals surface area (Å²) >= 11 is 5.53. The molecular weight excluding hydrogens is 1010 g/mol.